The van der Waals surface area contributed by atoms with E-state index in [9.17, 15) is 27.6 Å². The van der Waals surface area contributed by atoms with E-state index in [0.717, 1.165) is 4.90 Å². The van der Waals surface area contributed by atoms with E-state index in [1.54, 1.807) is 12.1 Å². The normalized spacial score (nSPS) is 13.3. The number of anilines is 1. The Hall–Kier alpha value is -4.08. The molecule has 32 heavy (non-hydrogen) atoms. The van der Waals surface area contributed by atoms with Gasteiger partial charge in [0.1, 0.15) is 11.5 Å². The van der Waals surface area contributed by atoms with E-state index in [0.29, 0.717) is 5.76 Å². The number of alkyl halides is 3. The lowest BCUT2D eigenvalue weighted by molar-refractivity contribution is -0.153. The Morgan fingerprint density at radius 1 is 1.00 bits per heavy atom. The van der Waals surface area contributed by atoms with Gasteiger partial charge in [0.15, 0.2) is 6.61 Å². The number of nitrogens with zero attached hydrogens (tertiary/aromatic N) is 1. The highest BCUT2D eigenvalue weighted by Crippen LogP contribution is 2.29. The van der Waals surface area contributed by atoms with Gasteiger partial charge in [0.05, 0.1) is 29.6 Å². The third kappa shape index (κ3) is 4.34. The van der Waals surface area contributed by atoms with Gasteiger partial charge in [-0.2, -0.15) is 13.2 Å². The SMILES string of the molecule is O=C(Nc1ccccc1OCC(F)(F)F)c1ccc2c(c1)C(=O)N(Cc1ccco1)C2=O. The third-order valence-corrected chi connectivity index (χ3v) is 4.65. The van der Waals surface area contributed by atoms with Crippen LogP contribution in [-0.2, 0) is 6.54 Å². The number of rotatable bonds is 6. The molecular formula is C22H15F3N2O5. The Bertz CT molecular complexity index is 1190. The van der Waals surface area contributed by atoms with Crippen LogP contribution in [0.3, 0.4) is 0 Å². The molecule has 0 saturated heterocycles. The number of halogens is 3. The van der Waals surface area contributed by atoms with Crippen LogP contribution in [0.15, 0.2) is 65.3 Å². The Morgan fingerprint density at radius 2 is 1.75 bits per heavy atom. The average molecular weight is 444 g/mol. The highest BCUT2D eigenvalue weighted by atomic mass is 19.4. The summed E-state index contributed by atoms with van der Waals surface area (Å²) in [6.45, 7) is -1.56. The molecule has 164 valence electrons. The van der Waals surface area contributed by atoms with E-state index in [-0.39, 0.29) is 34.7 Å². The number of ether oxygens (including phenoxy) is 1. The summed E-state index contributed by atoms with van der Waals surface area (Å²) in [4.78, 5) is 38.9. The van der Waals surface area contributed by atoms with Crippen molar-refractivity contribution in [1.29, 1.82) is 0 Å². The lowest BCUT2D eigenvalue weighted by atomic mass is 10.1. The standard InChI is InChI=1S/C22H15F3N2O5/c23-22(24,25)12-32-18-6-2-1-5-17(18)26-19(28)13-7-8-15-16(10-13)21(30)27(20(15)29)11-14-4-3-9-31-14/h1-10H,11-12H2,(H,26,28). The quantitative estimate of drug-likeness (QED) is 0.574. The minimum atomic E-state index is -4.54. The molecule has 3 amide bonds. The van der Waals surface area contributed by atoms with Gasteiger partial charge in [-0.3, -0.25) is 19.3 Å². The molecule has 2 aromatic carbocycles. The second-order valence-electron chi connectivity index (χ2n) is 6.89. The van der Waals surface area contributed by atoms with E-state index in [1.165, 1.54) is 48.7 Å². The lowest BCUT2D eigenvalue weighted by Crippen LogP contribution is -2.28. The zero-order chi connectivity index (χ0) is 22.9. The number of hydrogen-bond donors (Lipinski definition) is 1. The van der Waals surface area contributed by atoms with Crippen molar-refractivity contribution in [3.63, 3.8) is 0 Å². The zero-order valence-electron chi connectivity index (χ0n) is 16.3. The van der Waals surface area contributed by atoms with Crippen LogP contribution in [0, 0.1) is 0 Å². The highest BCUT2D eigenvalue weighted by Gasteiger charge is 2.36. The minimum Gasteiger partial charge on any atom is -0.482 e. The van der Waals surface area contributed by atoms with Crippen molar-refractivity contribution in [2.75, 3.05) is 11.9 Å². The fourth-order valence-electron chi connectivity index (χ4n) is 3.18. The number of para-hydroxylation sites is 2. The highest BCUT2D eigenvalue weighted by molar-refractivity contribution is 6.22. The van der Waals surface area contributed by atoms with Crippen LogP contribution in [0.25, 0.3) is 0 Å². The van der Waals surface area contributed by atoms with Gasteiger partial charge in [0.2, 0.25) is 0 Å². The molecule has 0 spiro atoms. The average Bonchev–Trinajstić information content (AvgIpc) is 3.35. The third-order valence-electron chi connectivity index (χ3n) is 4.65. The molecule has 0 unspecified atom stereocenters. The second-order valence-corrected chi connectivity index (χ2v) is 6.89. The number of nitrogens with one attached hydrogen (secondary N) is 1. The van der Waals surface area contributed by atoms with Gasteiger partial charge in [-0.15, -0.1) is 0 Å². The van der Waals surface area contributed by atoms with E-state index < -0.39 is 30.5 Å². The molecule has 1 aromatic heterocycles. The number of furan rings is 1. The Labute approximate surface area is 179 Å². The van der Waals surface area contributed by atoms with Crippen LogP contribution < -0.4 is 10.1 Å². The first kappa shape index (κ1) is 21.2. The van der Waals surface area contributed by atoms with Gasteiger partial charge in [0.25, 0.3) is 17.7 Å². The Kier molecular flexibility index (Phi) is 5.43. The number of carbonyl (C=O) groups excluding carboxylic acids is 3. The summed E-state index contributed by atoms with van der Waals surface area (Å²) in [6.07, 6.45) is -3.11. The molecule has 10 heteroatoms. The lowest BCUT2D eigenvalue weighted by Gasteiger charge is -2.14. The summed E-state index contributed by atoms with van der Waals surface area (Å²) in [5, 5.41) is 2.47. The molecule has 1 N–H and O–H groups in total. The summed E-state index contributed by atoms with van der Waals surface area (Å²) in [7, 11) is 0. The van der Waals surface area contributed by atoms with Crippen molar-refractivity contribution in [2.45, 2.75) is 12.7 Å². The maximum Gasteiger partial charge on any atom is 0.422 e. The summed E-state index contributed by atoms with van der Waals surface area (Å²) >= 11 is 0. The van der Waals surface area contributed by atoms with Gasteiger partial charge in [-0.1, -0.05) is 12.1 Å². The van der Waals surface area contributed by atoms with Crippen molar-refractivity contribution in [3.05, 3.63) is 83.3 Å². The van der Waals surface area contributed by atoms with Crippen LogP contribution in [0.4, 0.5) is 18.9 Å². The van der Waals surface area contributed by atoms with Crippen LogP contribution in [0.5, 0.6) is 5.75 Å². The molecule has 0 aliphatic carbocycles. The van der Waals surface area contributed by atoms with E-state index in [2.05, 4.69) is 5.32 Å². The fraction of sp³-hybridized carbons (Fsp3) is 0.136. The van der Waals surface area contributed by atoms with Gasteiger partial charge in [0, 0.05) is 5.56 Å². The fourth-order valence-corrected chi connectivity index (χ4v) is 3.18. The number of benzene rings is 2. The predicted molar refractivity (Wildman–Crippen MR) is 105 cm³/mol. The topological polar surface area (TPSA) is 88.8 Å². The van der Waals surface area contributed by atoms with Crippen molar-refractivity contribution in [2.24, 2.45) is 0 Å². The summed E-state index contributed by atoms with van der Waals surface area (Å²) in [5.41, 5.74) is 0.280. The number of fused-ring (bicyclic) bond motifs is 1. The van der Waals surface area contributed by atoms with Crippen molar-refractivity contribution in [3.8, 4) is 5.75 Å². The van der Waals surface area contributed by atoms with Crippen LogP contribution in [0.1, 0.15) is 36.8 Å². The first-order valence-electron chi connectivity index (χ1n) is 9.35. The molecule has 7 nitrogen and oxygen atoms in total. The number of imide groups is 1. The van der Waals surface area contributed by atoms with E-state index >= 15 is 0 Å². The largest absolute Gasteiger partial charge is 0.482 e. The molecule has 1 aliphatic rings. The maximum absolute atomic E-state index is 12.7. The summed E-state index contributed by atoms with van der Waals surface area (Å²) in [6, 6.07) is 12.9. The zero-order valence-corrected chi connectivity index (χ0v) is 16.3. The molecule has 0 fully saturated rings. The second kappa shape index (κ2) is 8.22. The number of hydrogen-bond acceptors (Lipinski definition) is 5. The molecule has 1 aliphatic heterocycles. The van der Waals surface area contributed by atoms with Crippen molar-refractivity contribution >= 4 is 23.4 Å². The van der Waals surface area contributed by atoms with Gasteiger partial charge < -0.3 is 14.5 Å². The van der Waals surface area contributed by atoms with E-state index in [4.69, 9.17) is 9.15 Å². The van der Waals surface area contributed by atoms with Crippen LogP contribution >= 0.6 is 0 Å². The summed E-state index contributed by atoms with van der Waals surface area (Å²) in [5.74, 6) is -1.51. The first-order valence-corrected chi connectivity index (χ1v) is 9.35. The van der Waals surface area contributed by atoms with E-state index in [1.807, 2.05) is 0 Å². The minimum absolute atomic E-state index is 0.0316. The summed E-state index contributed by atoms with van der Waals surface area (Å²) < 4.78 is 47.3. The van der Waals surface area contributed by atoms with Crippen molar-refractivity contribution < 1.29 is 36.7 Å². The molecule has 3 aromatic rings. The Morgan fingerprint density at radius 3 is 2.47 bits per heavy atom. The smallest absolute Gasteiger partial charge is 0.422 e. The molecule has 0 saturated carbocycles. The van der Waals surface area contributed by atoms with Gasteiger partial charge >= 0.3 is 6.18 Å². The number of carbonyl (C=O) groups is 3. The Balaban J connectivity index is 1.52. The molecule has 4 rings (SSSR count). The molecular weight excluding hydrogens is 429 g/mol. The molecule has 2 heterocycles. The van der Waals surface area contributed by atoms with Crippen LogP contribution in [-0.4, -0.2) is 35.4 Å². The van der Waals surface area contributed by atoms with Crippen molar-refractivity contribution in [1.82, 2.24) is 4.90 Å². The molecule has 0 atom stereocenters. The maximum atomic E-state index is 12.7. The molecule has 0 radical (unpaired) electrons. The van der Waals surface area contributed by atoms with Gasteiger partial charge in [-0.25, -0.2) is 0 Å². The monoisotopic (exact) mass is 444 g/mol. The first-order chi connectivity index (χ1) is 15.2. The molecule has 0 bridgehead atoms. The van der Waals surface area contributed by atoms with Crippen LogP contribution in [0.2, 0.25) is 0 Å². The van der Waals surface area contributed by atoms with Gasteiger partial charge in [-0.05, 0) is 42.5 Å². The number of amides is 3. The predicted octanol–water partition coefficient (Wildman–Crippen LogP) is 4.27.